The number of pyridine rings is 1. The molecule has 0 aliphatic rings. The molecule has 2 aromatic heterocycles. The molecule has 0 fully saturated rings. The Labute approximate surface area is 171 Å². The molecule has 0 atom stereocenters. The average Bonchev–Trinajstić information content (AvgIpc) is 3.08. The first-order valence-electron chi connectivity index (χ1n) is 9.94. The third-order valence-corrected chi connectivity index (χ3v) is 5.01. The highest BCUT2D eigenvalue weighted by Gasteiger charge is 2.24. The Balaban J connectivity index is 1.93. The van der Waals surface area contributed by atoms with Crippen molar-refractivity contribution in [1.82, 2.24) is 14.3 Å². The summed E-state index contributed by atoms with van der Waals surface area (Å²) in [4.78, 5) is 31.9. The van der Waals surface area contributed by atoms with Crippen LogP contribution in [0.2, 0.25) is 0 Å². The molecule has 3 rings (SSSR count). The number of carbonyl (C=O) groups is 2. The van der Waals surface area contributed by atoms with Crippen LogP contribution in [-0.4, -0.2) is 39.2 Å². The quantitative estimate of drug-likeness (QED) is 0.701. The van der Waals surface area contributed by atoms with Crippen molar-refractivity contribution in [2.45, 2.75) is 40.0 Å². The van der Waals surface area contributed by atoms with Gasteiger partial charge in [-0.3, -0.25) is 14.0 Å². The molecule has 0 bridgehead atoms. The summed E-state index contributed by atoms with van der Waals surface area (Å²) in [5.41, 5.74) is 2.84. The minimum atomic E-state index is -0.353. The molecule has 0 aliphatic carbocycles. The normalized spacial score (nSPS) is 11.5. The number of rotatable bonds is 5. The smallest absolute Gasteiger partial charge is 0.292 e. The van der Waals surface area contributed by atoms with Crippen LogP contribution >= 0.6 is 0 Å². The second kappa shape index (κ2) is 8.07. The molecule has 3 aromatic rings. The molecular weight excluding hydrogens is 364 g/mol. The van der Waals surface area contributed by atoms with Crippen LogP contribution in [0.25, 0.3) is 5.52 Å². The summed E-state index contributed by atoms with van der Waals surface area (Å²) in [6, 6.07) is 13.2. The van der Waals surface area contributed by atoms with Crippen molar-refractivity contribution in [3.8, 4) is 0 Å². The number of hydrogen-bond donors (Lipinski definition) is 1. The van der Waals surface area contributed by atoms with Crippen LogP contribution in [0.4, 0.5) is 5.69 Å². The van der Waals surface area contributed by atoms with Gasteiger partial charge in [0.15, 0.2) is 5.69 Å². The van der Waals surface area contributed by atoms with E-state index in [1.807, 2.05) is 50.2 Å². The zero-order valence-electron chi connectivity index (χ0n) is 17.7. The number of amides is 2. The van der Waals surface area contributed by atoms with E-state index in [9.17, 15) is 9.59 Å². The zero-order valence-corrected chi connectivity index (χ0v) is 17.7. The Morgan fingerprint density at radius 1 is 1.03 bits per heavy atom. The monoisotopic (exact) mass is 392 g/mol. The predicted molar refractivity (Wildman–Crippen MR) is 116 cm³/mol. The maximum Gasteiger partial charge on any atom is 0.292 e. The molecule has 2 amide bonds. The van der Waals surface area contributed by atoms with Crippen molar-refractivity contribution in [2.24, 2.45) is 0 Å². The van der Waals surface area contributed by atoms with E-state index < -0.39 is 0 Å². The SMILES string of the molecule is CCN(CC)C(=O)c1nc(C(=O)Nc2ccc(C(C)(C)C)cc2)n2ccccc12. The predicted octanol–water partition coefficient (Wildman–Crippen LogP) is 4.37. The number of carbonyl (C=O) groups excluding carboxylic acids is 2. The Hall–Kier alpha value is -3.15. The topological polar surface area (TPSA) is 66.7 Å². The van der Waals surface area contributed by atoms with Gasteiger partial charge in [-0.25, -0.2) is 4.98 Å². The van der Waals surface area contributed by atoms with E-state index >= 15 is 0 Å². The Kier molecular flexibility index (Phi) is 5.73. The van der Waals surface area contributed by atoms with Crippen LogP contribution in [0.1, 0.15) is 61.3 Å². The fraction of sp³-hybridized carbons (Fsp3) is 0.348. The van der Waals surface area contributed by atoms with Gasteiger partial charge in [-0.1, -0.05) is 39.0 Å². The molecule has 1 N–H and O–H groups in total. The number of imidazole rings is 1. The van der Waals surface area contributed by atoms with Gasteiger partial charge in [-0.05, 0) is 49.1 Å². The second-order valence-electron chi connectivity index (χ2n) is 8.00. The zero-order chi connectivity index (χ0) is 21.2. The van der Waals surface area contributed by atoms with Crippen LogP contribution in [0.15, 0.2) is 48.7 Å². The van der Waals surface area contributed by atoms with Crippen molar-refractivity contribution in [1.29, 1.82) is 0 Å². The number of anilines is 1. The molecule has 6 nitrogen and oxygen atoms in total. The summed E-state index contributed by atoms with van der Waals surface area (Å²) in [5.74, 6) is -0.336. The van der Waals surface area contributed by atoms with Gasteiger partial charge >= 0.3 is 0 Å². The lowest BCUT2D eigenvalue weighted by atomic mass is 9.87. The lowest BCUT2D eigenvalue weighted by Gasteiger charge is -2.19. The van der Waals surface area contributed by atoms with Crippen molar-refractivity contribution >= 4 is 23.0 Å². The standard InChI is InChI=1S/C23H28N4O2/c1-6-26(7-2)22(29)19-18-10-8-9-15-27(18)20(25-19)21(28)24-17-13-11-16(12-14-17)23(3,4)5/h8-15H,6-7H2,1-5H3,(H,24,28). The van der Waals surface area contributed by atoms with Gasteiger partial charge in [-0.15, -0.1) is 0 Å². The van der Waals surface area contributed by atoms with Crippen molar-refractivity contribution < 1.29 is 9.59 Å². The molecule has 0 aliphatic heterocycles. The van der Waals surface area contributed by atoms with E-state index in [1.54, 1.807) is 21.6 Å². The summed E-state index contributed by atoms with van der Waals surface area (Å²) >= 11 is 0. The molecule has 0 saturated carbocycles. The van der Waals surface area contributed by atoms with Gasteiger partial charge in [0, 0.05) is 25.0 Å². The van der Waals surface area contributed by atoms with E-state index in [0.29, 0.717) is 30.0 Å². The van der Waals surface area contributed by atoms with E-state index in [-0.39, 0.29) is 23.1 Å². The highest BCUT2D eigenvalue weighted by atomic mass is 16.2. The highest BCUT2D eigenvalue weighted by molar-refractivity contribution is 6.06. The van der Waals surface area contributed by atoms with E-state index in [1.165, 1.54) is 5.56 Å². The van der Waals surface area contributed by atoms with Crippen molar-refractivity contribution in [2.75, 3.05) is 18.4 Å². The van der Waals surface area contributed by atoms with Gasteiger partial charge in [0.2, 0.25) is 5.82 Å². The summed E-state index contributed by atoms with van der Waals surface area (Å²) in [5, 5.41) is 2.89. The van der Waals surface area contributed by atoms with E-state index in [4.69, 9.17) is 0 Å². The summed E-state index contributed by atoms with van der Waals surface area (Å²) in [6.45, 7) is 11.5. The fourth-order valence-electron chi connectivity index (χ4n) is 3.26. The number of nitrogens with one attached hydrogen (secondary N) is 1. The molecule has 152 valence electrons. The number of aromatic nitrogens is 2. The van der Waals surface area contributed by atoms with Gasteiger partial charge in [0.1, 0.15) is 0 Å². The Morgan fingerprint density at radius 2 is 1.69 bits per heavy atom. The largest absolute Gasteiger partial charge is 0.338 e. The first-order chi connectivity index (χ1) is 13.8. The molecule has 0 saturated heterocycles. The molecule has 0 unspecified atom stereocenters. The van der Waals surface area contributed by atoms with E-state index in [0.717, 1.165) is 0 Å². The van der Waals surface area contributed by atoms with Gasteiger partial charge in [0.05, 0.1) is 5.52 Å². The third kappa shape index (κ3) is 4.16. The van der Waals surface area contributed by atoms with Crippen LogP contribution in [0.5, 0.6) is 0 Å². The molecule has 0 radical (unpaired) electrons. The highest BCUT2D eigenvalue weighted by Crippen LogP contribution is 2.24. The van der Waals surface area contributed by atoms with Gasteiger partial charge < -0.3 is 10.2 Å². The minimum absolute atomic E-state index is 0.0432. The van der Waals surface area contributed by atoms with Crippen LogP contribution in [0.3, 0.4) is 0 Å². The van der Waals surface area contributed by atoms with Crippen molar-refractivity contribution in [3.63, 3.8) is 0 Å². The number of nitrogens with zero attached hydrogens (tertiary/aromatic N) is 3. The molecule has 6 heteroatoms. The first-order valence-corrected chi connectivity index (χ1v) is 9.94. The third-order valence-electron chi connectivity index (χ3n) is 5.01. The maximum atomic E-state index is 12.9. The lowest BCUT2D eigenvalue weighted by Crippen LogP contribution is -2.31. The number of fused-ring (bicyclic) bond motifs is 1. The molecular formula is C23H28N4O2. The number of hydrogen-bond acceptors (Lipinski definition) is 3. The Bertz CT molecular complexity index is 1030. The average molecular weight is 393 g/mol. The minimum Gasteiger partial charge on any atom is -0.338 e. The molecule has 2 heterocycles. The van der Waals surface area contributed by atoms with Crippen LogP contribution < -0.4 is 5.32 Å². The first kappa shape index (κ1) is 20.6. The summed E-state index contributed by atoms with van der Waals surface area (Å²) in [6.07, 6.45) is 1.75. The Morgan fingerprint density at radius 3 is 2.28 bits per heavy atom. The van der Waals surface area contributed by atoms with Gasteiger partial charge in [0.25, 0.3) is 11.8 Å². The summed E-state index contributed by atoms with van der Waals surface area (Å²) < 4.78 is 1.66. The van der Waals surface area contributed by atoms with Crippen LogP contribution in [0, 0.1) is 0 Å². The van der Waals surface area contributed by atoms with E-state index in [2.05, 4.69) is 31.1 Å². The fourth-order valence-corrected chi connectivity index (χ4v) is 3.26. The maximum absolute atomic E-state index is 12.9. The van der Waals surface area contributed by atoms with Crippen molar-refractivity contribution in [3.05, 3.63) is 65.7 Å². The summed E-state index contributed by atoms with van der Waals surface area (Å²) in [7, 11) is 0. The van der Waals surface area contributed by atoms with Crippen LogP contribution in [-0.2, 0) is 5.41 Å². The molecule has 1 aromatic carbocycles. The second-order valence-corrected chi connectivity index (χ2v) is 8.00. The molecule has 0 spiro atoms. The van der Waals surface area contributed by atoms with Gasteiger partial charge in [-0.2, -0.15) is 0 Å². The number of benzene rings is 1. The molecule has 29 heavy (non-hydrogen) atoms. The lowest BCUT2D eigenvalue weighted by molar-refractivity contribution is 0.0769.